The summed E-state index contributed by atoms with van der Waals surface area (Å²) >= 11 is 6.02. The SMILES string of the molecule is CCCNCc1cc(Cl)ccc1OCc1cncc(F)c1. The predicted octanol–water partition coefficient (Wildman–Crippen LogP) is 3.95. The van der Waals surface area contributed by atoms with Gasteiger partial charge in [-0.05, 0) is 37.2 Å². The number of rotatable bonds is 7. The summed E-state index contributed by atoms with van der Waals surface area (Å²) in [5, 5.41) is 3.98. The minimum Gasteiger partial charge on any atom is -0.489 e. The van der Waals surface area contributed by atoms with E-state index < -0.39 is 0 Å². The topological polar surface area (TPSA) is 34.1 Å². The minimum absolute atomic E-state index is 0.271. The van der Waals surface area contributed by atoms with Crippen molar-refractivity contribution in [2.24, 2.45) is 0 Å². The molecule has 2 aromatic rings. The molecule has 112 valence electrons. The fourth-order valence-electron chi connectivity index (χ4n) is 1.92. The standard InChI is InChI=1S/C16H18ClFN2O/c1-2-5-19-9-13-7-14(17)3-4-16(13)21-11-12-6-15(18)10-20-8-12/h3-4,6-8,10,19H,2,5,9,11H2,1H3. The lowest BCUT2D eigenvalue weighted by molar-refractivity contribution is 0.301. The number of ether oxygens (including phenoxy) is 1. The lowest BCUT2D eigenvalue weighted by Crippen LogP contribution is -2.14. The van der Waals surface area contributed by atoms with Crippen LogP contribution in [0.25, 0.3) is 0 Å². The second-order valence-electron chi connectivity index (χ2n) is 4.73. The molecule has 0 fully saturated rings. The molecule has 0 aliphatic heterocycles. The Bertz CT molecular complexity index is 592. The van der Waals surface area contributed by atoms with Gasteiger partial charge >= 0.3 is 0 Å². The third kappa shape index (κ3) is 4.99. The quantitative estimate of drug-likeness (QED) is 0.786. The molecule has 2 rings (SSSR count). The van der Waals surface area contributed by atoms with E-state index in [1.807, 2.05) is 12.1 Å². The van der Waals surface area contributed by atoms with Crippen molar-refractivity contribution in [3.05, 3.63) is 58.6 Å². The zero-order valence-electron chi connectivity index (χ0n) is 11.9. The third-order valence-electron chi connectivity index (χ3n) is 2.92. The van der Waals surface area contributed by atoms with E-state index >= 15 is 0 Å². The van der Waals surface area contributed by atoms with E-state index in [0.717, 1.165) is 24.3 Å². The molecule has 21 heavy (non-hydrogen) atoms. The first kappa shape index (κ1) is 15.7. The van der Waals surface area contributed by atoms with Crippen LogP contribution in [0.2, 0.25) is 5.02 Å². The molecule has 0 aliphatic carbocycles. The molecule has 5 heteroatoms. The Labute approximate surface area is 129 Å². The second-order valence-corrected chi connectivity index (χ2v) is 5.17. The summed E-state index contributed by atoms with van der Waals surface area (Å²) in [6.07, 6.45) is 3.83. The molecule has 0 amide bonds. The van der Waals surface area contributed by atoms with Gasteiger partial charge in [0.1, 0.15) is 18.2 Å². The van der Waals surface area contributed by atoms with Crippen molar-refractivity contribution >= 4 is 11.6 Å². The molecule has 0 aliphatic rings. The maximum Gasteiger partial charge on any atom is 0.141 e. The predicted molar refractivity (Wildman–Crippen MR) is 82.0 cm³/mol. The highest BCUT2D eigenvalue weighted by atomic mass is 35.5. The van der Waals surface area contributed by atoms with Gasteiger partial charge in [-0.1, -0.05) is 18.5 Å². The number of hydrogen-bond donors (Lipinski definition) is 1. The van der Waals surface area contributed by atoms with Crippen molar-refractivity contribution in [1.82, 2.24) is 10.3 Å². The molecule has 1 aromatic carbocycles. The smallest absolute Gasteiger partial charge is 0.141 e. The first-order valence-electron chi connectivity index (χ1n) is 6.90. The number of nitrogens with zero attached hydrogens (tertiary/aromatic N) is 1. The van der Waals surface area contributed by atoms with Gasteiger partial charge in [0.2, 0.25) is 0 Å². The van der Waals surface area contributed by atoms with Gasteiger partial charge in [-0.15, -0.1) is 0 Å². The van der Waals surface area contributed by atoms with Crippen LogP contribution in [-0.4, -0.2) is 11.5 Å². The van der Waals surface area contributed by atoms with Gasteiger partial charge in [0.25, 0.3) is 0 Å². The first-order chi connectivity index (χ1) is 10.2. The summed E-state index contributed by atoms with van der Waals surface area (Å²) in [6.45, 7) is 4.00. The molecule has 0 radical (unpaired) electrons. The Hall–Kier alpha value is -1.65. The Morgan fingerprint density at radius 2 is 2.14 bits per heavy atom. The summed E-state index contributed by atoms with van der Waals surface area (Å²) in [7, 11) is 0. The average molecular weight is 309 g/mol. The summed E-state index contributed by atoms with van der Waals surface area (Å²) in [5.41, 5.74) is 1.68. The molecule has 1 aromatic heterocycles. The van der Waals surface area contributed by atoms with E-state index in [0.29, 0.717) is 17.1 Å². The molecule has 0 unspecified atom stereocenters. The van der Waals surface area contributed by atoms with Gasteiger partial charge in [-0.2, -0.15) is 0 Å². The number of benzene rings is 1. The normalized spacial score (nSPS) is 10.6. The second kappa shape index (κ2) is 7.96. The molecule has 0 saturated heterocycles. The van der Waals surface area contributed by atoms with Gasteiger partial charge < -0.3 is 10.1 Å². The summed E-state index contributed by atoms with van der Waals surface area (Å²) in [5.74, 6) is 0.379. The lowest BCUT2D eigenvalue weighted by atomic mass is 10.2. The van der Waals surface area contributed by atoms with Crippen LogP contribution in [0.4, 0.5) is 4.39 Å². The number of nitrogens with one attached hydrogen (secondary N) is 1. The van der Waals surface area contributed by atoms with Gasteiger partial charge in [-0.3, -0.25) is 4.98 Å². The molecule has 0 atom stereocenters. The molecular formula is C16H18ClFN2O. The van der Waals surface area contributed by atoms with E-state index in [9.17, 15) is 4.39 Å². The average Bonchev–Trinajstić information content (AvgIpc) is 2.47. The Kier molecular flexibility index (Phi) is 5.96. The van der Waals surface area contributed by atoms with Gasteiger partial charge in [0.05, 0.1) is 6.20 Å². The van der Waals surface area contributed by atoms with Gasteiger partial charge in [-0.25, -0.2) is 4.39 Å². The van der Waals surface area contributed by atoms with Gasteiger partial charge in [0.15, 0.2) is 0 Å². The Morgan fingerprint density at radius 3 is 2.90 bits per heavy atom. The van der Waals surface area contributed by atoms with E-state index in [1.165, 1.54) is 12.3 Å². The van der Waals surface area contributed by atoms with E-state index in [-0.39, 0.29) is 12.4 Å². The van der Waals surface area contributed by atoms with E-state index in [4.69, 9.17) is 16.3 Å². The van der Waals surface area contributed by atoms with E-state index in [1.54, 1.807) is 12.3 Å². The molecule has 1 heterocycles. The van der Waals surface area contributed by atoms with Crippen LogP contribution in [0.15, 0.2) is 36.7 Å². The highest BCUT2D eigenvalue weighted by Gasteiger charge is 2.06. The molecule has 0 spiro atoms. The maximum absolute atomic E-state index is 13.1. The molecule has 0 saturated carbocycles. The van der Waals surface area contributed by atoms with Crippen LogP contribution in [0.5, 0.6) is 5.75 Å². The van der Waals surface area contributed by atoms with Crippen LogP contribution >= 0.6 is 11.6 Å². The van der Waals surface area contributed by atoms with Crippen LogP contribution in [0.3, 0.4) is 0 Å². The zero-order chi connectivity index (χ0) is 15.1. The third-order valence-corrected chi connectivity index (χ3v) is 3.16. The monoisotopic (exact) mass is 308 g/mol. The molecule has 1 N–H and O–H groups in total. The van der Waals surface area contributed by atoms with E-state index in [2.05, 4.69) is 17.2 Å². The van der Waals surface area contributed by atoms with Gasteiger partial charge in [0, 0.05) is 28.9 Å². The van der Waals surface area contributed by atoms with Crippen LogP contribution in [0.1, 0.15) is 24.5 Å². The highest BCUT2D eigenvalue weighted by Crippen LogP contribution is 2.23. The largest absolute Gasteiger partial charge is 0.489 e. The molecule has 0 bridgehead atoms. The van der Waals surface area contributed by atoms with Crippen LogP contribution in [0, 0.1) is 5.82 Å². The summed E-state index contributed by atoms with van der Waals surface area (Å²) in [4.78, 5) is 3.81. The van der Waals surface area contributed by atoms with Crippen molar-refractivity contribution in [3.8, 4) is 5.75 Å². The highest BCUT2D eigenvalue weighted by molar-refractivity contribution is 6.30. The van der Waals surface area contributed by atoms with Crippen LogP contribution < -0.4 is 10.1 Å². The van der Waals surface area contributed by atoms with Crippen molar-refractivity contribution < 1.29 is 9.13 Å². The zero-order valence-corrected chi connectivity index (χ0v) is 12.7. The summed E-state index contributed by atoms with van der Waals surface area (Å²) < 4.78 is 18.8. The first-order valence-corrected chi connectivity index (χ1v) is 7.28. The Morgan fingerprint density at radius 1 is 1.29 bits per heavy atom. The summed E-state index contributed by atoms with van der Waals surface area (Å²) in [6, 6.07) is 6.91. The number of pyridine rings is 1. The van der Waals surface area contributed by atoms with Crippen molar-refractivity contribution in [1.29, 1.82) is 0 Å². The maximum atomic E-state index is 13.1. The lowest BCUT2D eigenvalue weighted by Gasteiger charge is -2.12. The number of hydrogen-bond acceptors (Lipinski definition) is 3. The Balaban J connectivity index is 2.04. The van der Waals surface area contributed by atoms with Crippen molar-refractivity contribution in [3.63, 3.8) is 0 Å². The minimum atomic E-state index is -0.364. The van der Waals surface area contributed by atoms with Crippen LogP contribution in [-0.2, 0) is 13.2 Å². The molecular weight excluding hydrogens is 291 g/mol. The fourth-order valence-corrected chi connectivity index (χ4v) is 2.12. The fraction of sp³-hybridized carbons (Fsp3) is 0.312. The number of halogens is 2. The van der Waals surface area contributed by atoms with Crippen molar-refractivity contribution in [2.75, 3.05) is 6.54 Å². The number of aromatic nitrogens is 1. The molecule has 3 nitrogen and oxygen atoms in total. The van der Waals surface area contributed by atoms with Crippen molar-refractivity contribution in [2.45, 2.75) is 26.5 Å².